The molecule has 0 radical (unpaired) electrons. The molecule has 0 unspecified atom stereocenters. The second-order valence-corrected chi connectivity index (χ2v) is 18.9. The number of pyridine rings is 1. The third-order valence-corrected chi connectivity index (χ3v) is 14.9. The lowest BCUT2D eigenvalue weighted by Gasteiger charge is -2.36. The van der Waals surface area contributed by atoms with Crippen LogP contribution in [-0.4, -0.2) is 16.2 Å². The Balaban J connectivity index is 0.909. The number of rotatable bonds is 9. The number of nitrogens with zero attached hydrogens (tertiary/aromatic N) is 4. The van der Waals surface area contributed by atoms with Gasteiger partial charge in [0.05, 0.1) is 33.5 Å². The molecule has 0 bridgehead atoms. The van der Waals surface area contributed by atoms with Crippen molar-refractivity contribution in [2.75, 3.05) is 16.5 Å². The Morgan fingerprint density at radius 1 is 0.452 bits per heavy atom. The average molecular weight is 940 g/mol. The van der Waals surface area contributed by atoms with E-state index >= 15 is 0 Å². The van der Waals surface area contributed by atoms with E-state index in [1.807, 2.05) is 41.0 Å². The van der Waals surface area contributed by atoms with Gasteiger partial charge in [-0.15, -0.1) is 0 Å². The summed E-state index contributed by atoms with van der Waals surface area (Å²) in [4.78, 5) is 9.54. The van der Waals surface area contributed by atoms with Gasteiger partial charge in [0.1, 0.15) is 24.0 Å². The van der Waals surface area contributed by atoms with E-state index in [0.717, 1.165) is 66.8 Å². The highest BCUT2D eigenvalue weighted by Crippen LogP contribution is 2.59. The molecule has 0 fully saturated rings. The molecule has 14 rings (SSSR count). The Morgan fingerprint density at radius 3 is 1.74 bits per heavy atom. The molecule has 12 aromatic rings. The fourth-order valence-corrected chi connectivity index (χ4v) is 11.8. The van der Waals surface area contributed by atoms with Crippen molar-refractivity contribution in [3.8, 4) is 50.7 Å². The van der Waals surface area contributed by atoms with Crippen molar-refractivity contribution in [2.24, 2.45) is 0 Å². The van der Waals surface area contributed by atoms with Crippen molar-refractivity contribution < 1.29 is 8.85 Å². The zero-order valence-corrected chi connectivity index (χ0v) is 39.7. The number of benzene rings is 10. The van der Waals surface area contributed by atoms with Gasteiger partial charge in [-0.3, -0.25) is 4.57 Å². The summed E-state index contributed by atoms with van der Waals surface area (Å²) < 4.78 is 33.2. The number of hydrogen-bond donors (Lipinski definition) is 0. The number of anilines is 4. The summed E-state index contributed by atoms with van der Waals surface area (Å²) in [6.07, 6.45) is 1.57. The van der Waals surface area contributed by atoms with E-state index in [1.54, 1.807) is 18.3 Å². The lowest BCUT2D eigenvalue weighted by Crippen LogP contribution is -2.29. The predicted octanol–water partition coefficient (Wildman–Crippen LogP) is 17.2. The van der Waals surface area contributed by atoms with Crippen molar-refractivity contribution >= 4 is 44.6 Å². The summed E-state index contributed by atoms with van der Waals surface area (Å²) in [5.74, 6) is 1.85. The van der Waals surface area contributed by atoms with E-state index in [-0.39, 0.29) is 5.56 Å². The molecule has 0 saturated heterocycles. The molecule has 346 valence electrons. The van der Waals surface area contributed by atoms with Crippen molar-refractivity contribution in [1.29, 1.82) is 0 Å². The monoisotopic (exact) mass is 939 g/mol. The number of ether oxygens (including phenoxy) is 1. The molecule has 3 heterocycles. The van der Waals surface area contributed by atoms with Crippen molar-refractivity contribution in [2.45, 2.75) is 12.3 Å². The molecule has 0 N–H and O–H groups in total. The van der Waals surface area contributed by atoms with Crippen LogP contribution < -0.4 is 14.5 Å². The number of fused-ring (bicyclic) bond motifs is 7. The molecule has 1 aliphatic heterocycles. The third-order valence-electron chi connectivity index (χ3n) is 14.9. The van der Waals surface area contributed by atoms with Crippen LogP contribution in [0.2, 0.25) is 0 Å². The Hall–Kier alpha value is -9.45. The average Bonchev–Trinajstić information content (AvgIpc) is 4.14. The first-order chi connectivity index (χ1) is 37.3. The Morgan fingerprint density at radius 2 is 1.04 bits per heavy atom. The van der Waals surface area contributed by atoms with Gasteiger partial charge in [0.15, 0.2) is 0 Å². The topological polar surface area (TPSA) is 33.5 Å². The summed E-state index contributed by atoms with van der Waals surface area (Å²) in [5.41, 5.74) is 17.7. The van der Waals surface area contributed by atoms with Crippen LogP contribution in [0.15, 0.2) is 261 Å². The molecule has 0 amide bonds. The smallest absolute Gasteiger partial charge is 0.137 e. The van der Waals surface area contributed by atoms with Gasteiger partial charge in [-0.1, -0.05) is 176 Å². The Labute approximate surface area is 429 Å². The van der Waals surface area contributed by atoms with Gasteiger partial charge in [0.2, 0.25) is 0 Å². The lowest BCUT2D eigenvalue weighted by molar-refractivity contribution is 0.483. The molecule has 1 aliphatic carbocycles. The van der Waals surface area contributed by atoms with Crippen LogP contribution in [0.3, 0.4) is 0 Å². The normalized spacial score (nSPS) is 14.1. The van der Waals surface area contributed by atoms with Crippen molar-refractivity contribution in [3.63, 3.8) is 0 Å². The van der Waals surface area contributed by atoms with Gasteiger partial charge in [0, 0.05) is 50.0 Å². The number of hydrogen-bond acceptors (Lipinski definition) is 4. The molecular formula is C68H48N4O. The van der Waals surface area contributed by atoms with Crippen LogP contribution in [0.25, 0.3) is 61.0 Å². The van der Waals surface area contributed by atoms with Crippen molar-refractivity contribution in [3.05, 3.63) is 289 Å². The zero-order chi connectivity index (χ0) is 51.0. The van der Waals surface area contributed by atoms with Crippen LogP contribution in [0.1, 0.15) is 31.9 Å². The third kappa shape index (κ3) is 6.81. The standard InChI is InChI=1S/C68H48N4O/c1-46-38-39-69-66(40-46)72-62-33-16-13-30-56(62)57-37-36-53(44-65(57)72)73-52-27-19-26-51(43-52)70-45-71(64-35-18-17-34-63(64)70)67-58(47-20-5-2-6-21-47)41-50(42-59(67)48-22-7-3-8-23-48)68(49-24-9-4-10-25-49)60-31-14-11-28-54(60)55-29-12-15-32-61(55)68/h2-44H,45H2,1H3/i1D3. The highest BCUT2D eigenvalue weighted by atomic mass is 16.5. The molecule has 73 heavy (non-hydrogen) atoms. The van der Waals surface area contributed by atoms with Crippen LogP contribution in [0.4, 0.5) is 22.7 Å². The molecule has 0 saturated carbocycles. The summed E-state index contributed by atoms with van der Waals surface area (Å²) in [6, 6.07) is 90.0. The van der Waals surface area contributed by atoms with Gasteiger partial charge in [0.25, 0.3) is 0 Å². The largest absolute Gasteiger partial charge is 0.457 e. The number of aryl methyl sites for hydroxylation is 1. The Bertz CT molecular complexity index is 4090. The molecule has 0 atom stereocenters. The summed E-state index contributed by atoms with van der Waals surface area (Å²) in [6.45, 7) is -1.74. The van der Waals surface area contributed by atoms with Crippen LogP contribution >= 0.6 is 0 Å². The van der Waals surface area contributed by atoms with Gasteiger partial charge in [-0.2, -0.15) is 0 Å². The van der Waals surface area contributed by atoms with E-state index in [9.17, 15) is 0 Å². The van der Waals surface area contributed by atoms with E-state index in [0.29, 0.717) is 24.0 Å². The maximum absolute atomic E-state index is 8.13. The Kier molecular flexibility index (Phi) is 9.23. The molecule has 5 heteroatoms. The van der Waals surface area contributed by atoms with Gasteiger partial charge in [-0.25, -0.2) is 4.98 Å². The highest BCUT2D eigenvalue weighted by molar-refractivity contribution is 6.09. The van der Waals surface area contributed by atoms with E-state index < -0.39 is 12.3 Å². The zero-order valence-electron chi connectivity index (χ0n) is 42.7. The van der Waals surface area contributed by atoms with Crippen LogP contribution in [0.5, 0.6) is 11.5 Å². The number of para-hydroxylation sites is 3. The molecule has 0 spiro atoms. The number of aromatic nitrogens is 2. The summed E-state index contributed by atoms with van der Waals surface area (Å²) >= 11 is 0. The van der Waals surface area contributed by atoms with E-state index in [1.165, 1.54) is 33.4 Å². The molecule has 5 nitrogen and oxygen atoms in total. The first-order valence-corrected chi connectivity index (χ1v) is 24.8. The minimum atomic E-state index is -2.27. The molecule has 2 aromatic heterocycles. The molecule has 2 aliphatic rings. The first kappa shape index (κ1) is 39.3. The maximum atomic E-state index is 8.13. The molecular weight excluding hydrogens is 889 g/mol. The van der Waals surface area contributed by atoms with Crippen LogP contribution in [-0.2, 0) is 5.41 Å². The minimum absolute atomic E-state index is 0.233. The highest BCUT2D eigenvalue weighted by Gasteiger charge is 2.47. The SMILES string of the molecule is [2H]C([2H])([2H])c1ccnc(-n2c3ccccc3c3ccc(Oc4cccc(N5CN(c6c(-c7ccccc7)cc(C7(c8ccccc8)c8ccccc8-c8ccccc87)cc6-c6ccccc6)c6ccccc65)c4)cc32)c1. The quantitative estimate of drug-likeness (QED) is 0.144. The van der Waals surface area contributed by atoms with E-state index in [2.05, 4.69) is 221 Å². The second-order valence-electron chi connectivity index (χ2n) is 18.9. The molecule has 10 aromatic carbocycles. The minimum Gasteiger partial charge on any atom is -0.457 e. The summed E-state index contributed by atoms with van der Waals surface area (Å²) in [5, 5.41) is 2.05. The predicted molar refractivity (Wildman–Crippen MR) is 300 cm³/mol. The van der Waals surface area contributed by atoms with Gasteiger partial charge in [-0.05, 0) is 124 Å². The van der Waals surface area contributed by atoms with Crippen LogP contribution in [0, 0.1) is 6.85 Å². The fourth-order valence-electron chi connectivity index (χ4n) is 11.8. The second kappa shape index (κ2) is 17.1. The summed E-state index contributed by atoms with van der Waals surface area (Å²) in [7, 11) is 0. The van der Waals surface area contributed by atoms with Crippen molar-refractivity contribution in [1.82, 2.24) is 9.55 Å². The maximum Gasteiger partial charge on any atom is 0.137 e. The van der Waals surface area contributed by atoms with E-state index in [4.69, 9.17) is 8.85 Å². The lowest BCUT2D eigenvalue weighted by atomic mass is 9.66. The fraction of sp³-hybridized carbons (Fsp3) is 0.0441. The first-order valence-electron chi connectivity index (χ1n) is 26.3. The van der Waals surface area contributed by atoms with Gasteiger partial charge < -0.3 is 14.5 Å². The van der Waals surface area contributed by atoms with Gasteiger partial charge >= 0.3 is 0 Å².